The van der Waals surface area contributed by atoms with E-state index in [4.69, 9.17) is 21.1 Å². The smallest absolute Gasteiger partial charge is 0.135 e. The summed E-state index contributed by atoms with van der Waals surface area (Å²) >= 11 is 9.16. The summed E-state index contributed by atoms with van der Waals surface area (Å²) < 4.78 is 11.2. The first kappa shape index (κ1) is 10.8. The van der Waals surface area contributed by atoms with Crippen molar-refractivity contribution >= 4 is 27.5 Å². The predicted molar refractivity (Wildman–Crippen MR) is 56.5 cm³/mol. The van der Waals surface area contributed by atoms with Crippen LogP contribution in [-0.2, 0) is 4.74 Å². The van der Waals surface area contributed by atoms with Gasteiger partial charge in [0.05, 0.1) is 11.1 Å². The maximum atomic E-state index is 5.80. The molecule has 0 amide bonds. The first-order chi connectivity index (χ1) is 6.24. The molecular formula is C9H10BrClO2. The third-order valence-electron chi connectivity index (χ3n) is 1.44. The molecule has 4 heteroatoms. The van der Waals surface area contributed by atoms with E-state index in [0.717, 1.165) is 10.2 Å². The Bertz CT molecular complexity index is 278. The van der Waals surface area contributed by atoms with Crippen LogP contribution in [0.15, 0.2) is 22.7 Å². The molecule has 0 spiro atoms. The van der Waals surface area contributed by atoms with E-state index in [1.165, 1.54) is 0 Å². The lowest BCUT2D eigenvalue weighted by Crippen LogP contribution is -2.04. The van der Waals surface area contributed by atoms with Crippen LogP contribution in [0.3, 0.4) is 0 Å². The van der Waals surface area contributed by atoms with Crippen LogP contribution < -0.4 is 4.74 Å². The molecule has 1 rings (SSSR count). The van der Waals surface area contributed by atoms with Gasteiger partial charge in [-0.1, -0.05) is 11.6 Å². The fraction of sp³-hybridized carbons (Fsp3) is 0.333. The van der Waals surface area contributed by atoms with Crippen LogP contribution >= 0.6 is 27.5 Å². The molecule has 1 aromatic rings. The van der Waals surface area contributed by atoms with Crippen molar-refractivity contribution in [1.29, 1.82) is 0 Å². The number of benzene rings is 1. The highest BCUT2D eigenvalue weighted by atomic mass is 79.9. The zero-order chi connectivity index (χ0) is 9.68. The molecule has 0 fully saturated rings. The van der Waals surface area contributed by atoms with Gasteiger partial charge in [0.25, 0.3) is 0 Å². The molecule has 2 nitrogen and oxygen atoms in total. The number of rotatable bonds is 4. The molecule has 1 aromatic carbocycles. The van der Waals surface area contributed by atoms with E-state index < -0.39 is 0 Å². The third-order valence-corrected chi connectivity index (χ3v) is 2.33. The van der Waals surface area contributed by atoms with E-state index in [-0.39, 0.29) is 0 Å². The Morgan fingerprint density at radius 1 is 1.38 bits per heavy atom. The fourth-order valence-electron chi connectivity index (χ4n) is 0.823. The van der Waals surface area contributed by atoms with Crippen molar-refractivity contribution in [2.45, 2.75) is 0 Å². The number of ether oxygens (including phenoxy) is 2. The summed E-state index contributed by atoms with van der Waals surface area (Å²) in [5, 5.41) is 0.663. The van der Waals surface area contributed by atoms with Gasteiger partial charge in [0.1, 0.15) is 12.4 Å². The topological polar surface area (TPSA) is 18.5 Å². The Hall–Kier alpha value is -0.250. The largest absolute Gasteiger partial charge is 0.490 e. The van der Waals surface area contributed by atoms with Gasteiger partial charge in [-0.25, -0.2) is 0 Å². The van der Waals surface area contributed by atoms with Gasteiger partial charge in [0.2, 0.25) is 0 Å². The van der Waals surface area contributed by atoms with E-state index in [9.17, 15) is 0 Å². The van der Waals surface area contributed by atoms with Crippen LogP contribution in [0, 0.1) is 0 Å². The second kappa shape index (κ2) is 5.47. The third kappa shape index (κ3) is 3.55. The van der Waals surface area contributed by atoms with E-state index in [1.54, 1.807) is 19.2 Å². The second-order valence-corrected chi connectivity index (χ2v) is 3.71. The highest BCUT2D eigenvalue weighted by molar-refractivity contribution is 9.10. The molecule has 0 bridgehead atoms. The Morgan fingerprint density at radius 2 is 2.15 bits per heavy atom. The maximum Gasteiger partial charge on any atom is 0.135 e. The summed E-state index contributed by atoms with van der Waals surface area (Å²) in [4.78, 5) is 0. The van der Waals surface area contributed by atoms with Gasteiger partial charge in [-0.3, -0.25) is 0 Å². The molecule has 0 unspecified atom stereocenters. The lowest BCUT2D eigenvalue weighted by atomic mass is 10.3. The summed E-state index contributed by atoms with van der Waals surface area (Å²) in [6.07, 6.45) is 0. The molecule has 0 saturated carbocycles. The van der Waals surface area contributed by atoms with E-state index >= 15 is 0 Å². The highest BCUT2D eigenvalue weighted by Crippen LogP contribution is 2.27. The molecule has 0 aromatic heterocycles. The number of hydrogen-bond acceptors (Lipinski definition) is 2. The number of hydrogen-bond donors (Lipinski definition) is 0. The zero-order valence-electron chi connectivity index (χ0n) is 7.22. The molecular weight excluding hydrogens is 255 g/mol. The summed E-state index contributed by atoms with van der Waals surface area (Å²) in [5.41, 5.74) is 0. The van der Waals surface area contributed by atoms with Crippen LogP contribution in [-0.4, -0.2) is 20.3 Å². The van der Waals surface area contributed by atoms with Crippen molar-refractivity contribution in [3.05, 3.63) is 27.7 Å². The average Bonchev–Trinajstić information content (AvgIpc) is 2.11. The average molecular weight is 266 g/mol. The van der Waals surface area contributed by atoms with Crippen molar-refractivity contribution in [1.82, 2.24) is 0 Å². The molecule has 0 aliphatic heterocycles. The molecule has 0 aliphatic rings. The molecule has 0 radical (unpaired) electrons. The molecule has 0 N–H and O–H groups in total. The van der Waals surface area contributed by atoms with Gasteiger partial charge in [0.15, 0.2) is 0 Å². The SMILES string of the molecule is COCCOc1cc(Cl)ccc1Br. The Morgan fingerprint density at radius 3 is 2.85 bits per heavy atom. The molecule has 0 heterocycles. The quantitative estimate of drug-likeness (QED) is 0.779. The summed E-state index contributed by atoms with van der Waals surface area (Å²) in [7, 11) is 1.64. The van der Waals surface area contributed by atoms with Crippen molar-refractivity contribution < 1.29 is 9.47 Å². The normalized spacial score (nSPS) is 10.1. The van der Waals surface area contributed by atoms with Gasteiger partial charge >= 0.3 is 0 Å². The van der Waals surface area contributed by atoms with E-state index in [0.29, 0.717) is 18.2 Å². The van der Waals surface area contributed by atoms with Gasteiger partial charge in [-0.05, 0) is 34.1 Å². The Kier molecular flexibility index (Phi) is 4.56. The molecule has 0 aliphatic carbocycles. The monoisotopic (exact) mass is 264 g/mol. The first-order valence-electron chi connectivity index (χ1n) is 3.81. The minimum atomic E-state index is 0.523. The minimum absolute atomic E-state index is 0.523. The van der Waals surface area contributed by atoms with Crippen LogP contribution in [0.25, 0.3) is 0 Å². The maximum absolute atomic E-state index is 5.80. The van der Waals surface area contributed by atoms with Crippen molar-refractivity contribution in [2.24, 2.45) is 0 Å². The van der Waals surface area contributed by atoms with E-state index in [2.05, 4.69) is 15.9 Å². The van der Waals surface area contributed by atoms with Crippen LogP contribution in [0.1, 0.15) is 0 Å². The van der Waals surface area contributed by atoms with Gasteiger partial charge in [-0.2, -0.15) is 0 Å². The van der Waals surface area contributed by atoms with Crippen molar-refractivity contribution in [2.75, 3.05) is 20.3 Å². The van der Waals surface area contributed by atoms with Crippen molar-refractivity contribution in [3.8, 4) is 5.75 Å². The molecule has 0 saturated heterocycles. The molecule has 72 valence electrons. The number of methoxy groups -OCH3 is 1. The van der Waals surface area contributed by atoms with E-state index in [1.807, 2.05) is 6.07 Å². The number of halogens is 2. The molecule has 0 atom stereocenters. The first-order valence-corrected chi connectivity index (χ1v) is 4.98. The summed E-state index contributed by atoms with van der Waals surface area (Å²) in [6.45, 7) is 1.09. The lowest BCUT2D eigenvalue weighted by Gasteiger charge is -2.07. The summed E-state index contributed by atoms with van der Waals surface area (Å²) in [6, 6.07) is 5.42. The van der Waals surface area contributed by atoms with Gasteiger partial charge in [-0.15, -0.1) is 0 Å². The van der Waals surface area contributed by atoms with Crippen LogP contribution in [0.2, 0.25) is 5.02 Å². The Balaban J connectivity index is 2.59. The van der Waals surface area contributed by atoms with Gasteiger partial charge in [0, 0.05) is 12.1 Å². The molecule has 13 heavy (non-hydrogen) atoms. The van der Waals surface area contributed by atoms with Crippen molar-refractivity contribution in [3.63, 3.8) is 0 Å². The minimum Gasteiger partial charge on any atom is -0.490 e. The summed E-state index contributed by atoms with van der Waals surface area (Å²) in [5.74, 6) is 0.740. The Labute approximate surface area is 90.9 Å². The second-order valence-electron chi connectivity index (χ2n) is 2.42. The lowest BCUT2D eigenvalue weighted by molar-refractivity contribution is 0.146. The van der Waals surface area contributed by atoms with Crippen LogP contribution in [0.4, 0.5) is 0 Å². The standard InChI is InChI=1S/C9H10BrClO2/c1-12-4-5-13-9-6-7(11)2-3-8(9)10/h2-3,6H,4-5H2,1H3. The predicted octanol–water partition coefficient (Wildman–Crippen LogP) is 3.13. The highest BCUT2D eigenvalue weighted by Gasteiger charge is 2.00. The van der Waals surface area contributed by atoms with Gasteiger partial charge < -0.3 is 9.47 Å². The van der Waals surface area contributed by atoms with Crippen LogP contribution in [0.5, 0.6) is 5.75 Å². The fourth-order valence-corrected chi connectivity index (χ4v) is 1.35. The zero-order valence-corrected chi connectivity index (χ0v) is 9.56.